The molecule has 2 N–H and O–H groups in total. The molecule has 3 heteroatoms. The van der Waals surface area contributed by atoms with Gasteiger partial charge in [-0.25, -0.2) is 0 Å². The fraction of sp³-hybridized carbons (Fsp3) is 0.917. The van der Waals surface area contributed by atoms with Crippen LogP contribution in [0.2, 0.25) is 0 Å². The molecular weight excluding hydrogens is 186 g/mol. The molecule has 0 radical (unpaired) electrons. The summed E-state index contributed by atoms with van der Waals surface area (Å²) in [5.41, 5.74) is 0. The number of hydrogen-bond donors (Lipinski definition) is 2. The Kier molecular flexibility index (Phi) is 4.92. The van der Waals surface area contributed by atoms with Crippen molar-refractivity contribution in [3.05, 3.63) is 0 Å². The molecule has 0 saturated heterocycles. The summed E-state index contributed by atoms with van der Waals surface area (Å²) in [7, 11) is 1.84. The molecule has 1 saturated carbocycles. The molecule has 0 spiro atoms. The average Bonchev–Trinajstić information content (AvgIpc) is 2.86. The zero-order valence-corrected chi connectivity index (χ0v) is 10.5. The predicted molar refractivity (Wildman–Crippen MR) is 66.1 cm³/mol. The van der Waals surface area contributed by atoms with E-state index in [1.54, 1.807) is 0 Å². The average molecular weight is 211 g/mol. The normalized spacial score (nSPS) is 25.5. The van der Waals surface area contributed by atoms with Gasteiger partial charge in [0.2, 0.25) is 0 Å². The standard InChI is InChI=1S/C12H25N3/c1-9(2)6-5-7-14-12(13-4)15-11-8-10(11)3/h9-11H,5-8H2,1-4H3,(H2,13,14,15). The van der Waals surface area contributed by atoms with Gasteiger partial charge < -0.3 is 10.6 Å². The molecule has 2 unspecified atom stereocenters. The zero-order valence-electron chi connectivity index (χ0n) is 10.5. The van der Waals surface area contributed by atoms with Crippen LogP contribution < -0.4 is 10.6 Å². The van der Waals surface area contributed by atoms with E-state index < -0.39 is 0 Å². The highest BCUT2D eigenvalue weighted by Gasteiger charge is 2.32. The molecule has 1 rings (SSSR count). The Morgan fingerprint density at radius 3 is 2.60 bits per heavy atom. The van der Waals surface area contributed by atoms with Crippen molar-refractivity contribution in [2.24, 2.45) is 16.8 Å². The molecule has 0 aromatic rings. The third-order valence-electron chi connectivity index (χ3n) is 2.91. The lowest BCUT2D eigenvalue weighted by Crippen LogP contribution is -2.39. The first-order valence-corrected chi connectivity index (χ1v) is 6.10. The molecule has 0 aliphatic heterocycles. The van der Waals surface area contributed by atoms with E-state index in [0.717, 1.165) is 24.3 Å². The highest BCUT2D eigenvalue weighted by molar-refractivity contribution is 5.80. The van der Waals surface area contributed by atoms with Crippen LogP contribution in [0.25, 0.3) is 0 Å². The Hall–Kier alpha value is -0.730. The summed E-state index contributed by atoms with van der Waals surface area (Å²) in [4.78, 5) is 4.21. The molecule has 1 fully saturated rings. The molecule has 0 aromatic carbocycles. The largest absolute Gasteiger partial charge is 0.356 e. The summed E-state index contributed by atoms with van der Waals surface area (Å²) >= 11 is 0. The van der Waals surface area contributed by atoms with E-state index in [0.29, 0.717) is 6.04 Å². The van der Waals surface area contributed by atoms with Gasteiger partial charge in [-0.1, -0.05) is 20.8 Å². The van der Waals surface area contributed by atoms with Gasteiger partial charge in [-0.15, -0.1) is 0 Å². The van der Waals surface area contributed by atoms with Gasteiger partial charge in [-0.2, -0.15) is 0 Å². The second kappa shape index (κ2) is 5.99. The molecule has 0 bridgehead atoms. The Morgan fingerprint density at radius 2 is 2.13 bits per heavy atom. The first-order chi connectivity index (χ1) is 7.13. The van der Waals surface area contributed by atoms with Crippen LogP contribution in [0.4, 0.5) is 0 Å². The highest BCUT2D eigenvalue weighted by atomic mass is 15.2. The van der Waals surface area contributed by atoms with E-state index in [2.05, 4.69) is 36.4 Å². The van der Waals surface area contributed by atoms with Gasteiger partial charge in [-0.3, -0.25) is 4.99 Å². The predicted octanol–water partition coefficient (Wildman–Crippen LogP) is 2.00. The Morgan fingerprint density at radius 1 is 1.47 bits per heavy atom. The van der Waals surface area contributed by atoms with Gasteiger partial charge in [0.05, 0.1) is 0 Å². The van der Waals surface area contributed by atoms with Gasteiger partial charge in [0.25, 0.3) is 0 Å². The summed E-state index contributed by atoms with van der Waals surface area (Å²) in [6.07, 6.45) is 3.79. The number of guanidine groups is 1. The summed E-state index contributed by atoms with van der Waals surface area (Å²) in [5, 5.41) is 6.77. The van der Waals surface area contributed by atoms with Crippen LogP contribution in [-0.2, 0) is 0 Å². The molecule has 1 aliphatic carbocycles. The summed E-state index contributed by atoms with van der Waals surface area (Å²) < 4.78 is 0. The van der Waals surface area contributed by atoms with E-state index in [1.807, 2.05) is 7.05 Å². The monoisotopic (exact) mass is 211 g/mol. The van der Waals surface area contributed by atoms with Crippen molar-refractivity contribution in [2.75, 3.05) is 13.6 Å². The molecule has 1 aliphatic rings. The lowest BCUT2D eigenvalue weighted by atomic mass is 10.1. The summed E-state index contributed by atoms with van der Waals surface area (Å²) in [5.74, 6) is 2.58. The molecule has 0 amide bonds. The fourth-order valence-electron chi connectivity index (χ4n) is 1.61. The van der Waals surface area contributed by atoms with Crippen LogP contribution in [0.1, 0.15) is 40.0 Å². The van der Waals surface area contributed by atoms with Crippen molar-refractivity contribution in [3.63, 3.8) is 0 Å². The number of aliphatic imine (C=N–C) groups is 1. The first kappa shape index (κ1) is 12.3. The van der Waals surface area contributed by atoms with Crippen LogP contribution in [0.15, 0.2) is 4.99 Å². The lowest BCUT2D eigenvalue weighted by molar-refractivity contribution is 0.549. The minimum Gasteiger partial charge on any atom is -0.356 e. The maximum Gasteiger partial charge on any atom is 0.191 e. The van der Waals surface area contributed by atoms with E-state index in [4.69, 9.17) is 0 Å². The van der Waals surface area contributed by atoms with Crippen LogP contribution in [0.5, 0.6) is 0 Å². The van der Waals surface area contributed by atoms with Crippen molar-refractivity contribution >= 4 is 5.96 Å². The van der Waals surface area contributed by atoms with Crippen LogP contribution in [0.3, 0.4) is 0 Å². The second-order valence-corrected chi connectivity index (χ2v) is 5.00. The number of nitrogens with one attached hydrogen (secondary N) is 2. The van der Waals surface area contributed by atoms with Gasteiger partial charge in [0.15, 0.2) is 5.96 Å². The number of nitrogens with zero attached hydrogens (tertiary/aromatic N) is 1. The quantitative estimate of drug-likeness (QED) is 0.414. The lowest BCUT2D eigenvalue weighted by Gasteiger charge is -2.11. The molecule has 0 aromatic heterocycles. The smallest absolute Gasteiger partial charge is 0.191 e. The van der Waals surface area contributed by atoms with Crippen molar-refractivity contribution in [1.82, 2.24) is 10.6 Å². The Bertz CT molecular complexity index is 211. The Labute approximate surface area is 93.7 Å². The van der Waals surface area contributed by atoms with E-state index in [1.165, 1.54) is 19.3 Å². The van der Waals surface area contributed by atoms with E-state index >= 15 is 0 Å². The molecular formula is C12H25N3. The number of rotatable bonds is 5. The molecule has 15 heavy (non-hydrogen) atoms. The summed E-state index contributed by atoms with van der Waals surface area (Å²) in [6.45, 7) is 7.82. The van der Waals surface area contributed by atoms with Crippen LogP contribution in [-0.4, -0.2) is 25.6 Å². The SMILES string of the molecule is CN=C(NCCCC(C)C)NC1CC1C. The van der Waals surface area contributed by atoms with Crippen molar-refractivity contribution in [2.45, 2.75) is 46.1 Å². The van der Waals surface area contributed by atoms with Gasteiger partial charge >= 0.3 is 0 Å². The molecule has 88 valence electrons. The number of hydrogen-bond acceptors (Lipinski definition) is 1. The van der Waals surface area contributed by atoms with Crippen molar-refractivity contribution in [3.8, 4) is 0 Å². The minimum absolute atomic E-state index is 0.654. The third kappa shape index (κ3) is 5.05. The van der Waals surface area contributed by atoms with Crippen molar-refractivity contribution < 1.29 is 0 Å². The first-order valence-electron chi connectivity index (χ1n) is 6.10. The molecule has 2 atom stereocenters. The third-order valence-corrected chi connectivity index (χ3v) is 2.91. The fourth-order valence-corrected chi connectivity index (χ4v) is 1.61. The van der Waals surface area contributed by atoms with Crippen LogP contribution >= 0.6 is 0 Å². The zero-order chi connectivity index (χ0) is 11.3. The second-order valence-electron chi connectivity index (χ2n) is 5.00. The topological polar surface area (TPSA) is 36.4 Å². The maximum atomic E-state index is 4.21. The molecule has 3 nitrogen and oxygen atoms in total. The van der Waals surface area contributed by atoms with Gasteiger partial charge in [0, 0.05) is 19.6 Å². The van der Waals surface area contributed by atoms with Crippen LogP contribution in [0, 0.1) is 11.8 Å². The van der Waals surface area contributed by atoms with E-state index in [9.17, 15) is 0 Å². The summed E-state index contributed by atoms with van der Waals surface area (Å²) in [6, 6.07) is 0.654. The highest BCUT2D eigenvalue weighted by Crippen LogP contribution is 2.28. The molecule has 0 heterocycles. The van der Waals surface area contributed by atoms with E-state index in [-0.39, 0.29) is 0 Å². The van der Waals surface area contributed by atoms with Crippen molar-refractivity contribution in [1.29, 1.82) is 0 Å². The maximum absolute atomic E-state index is 4.21. The minimum atomic E-state index is 0.654. The Balaban J connectivity index is 2.07. The van der Waals surface area contributed by atoms with Gasteiger partial charge in [-0.05, 0) is 31.1 Å². The van der Waals surface area contributed by atoms with Gasteiger partial charge in [0.1, 0.15) is 0 Å².